The second kappa shape index (κ2) is 7.23. The van der Waals surface area contributed by atoms with Crippen molar-refractivity contribution in [2.45, 2.75) is 50.5 Å². The van der Waals surface area contributed by atoms with Crippen LogP contribution in [0, 0.1) is 0 Å². The van der Waals surface area contributed by atoms with E-state index in [-0.39, 0.29) is 5.91 Å². The number of aromatic amines is 1. The van der Waals surface area contributed by atoms with E-state index in [0.29, 0.717) is 31.3 Å². The zero-order valence-corrected chi connectivity index (χ0v) is 15.4. The summed E-state index contributed by atoms with van der Waals surface area (Å²) in [6.07, 6.45) is 6.25. The molecule has 1 aliphatic heterocycles. The van der Waals surface area contributed by atoms with Crippen molar-refractivity contribution in [2.24, 2.45) is 0 Å². The van der Waals surface area contributed by atoms with Gasteiger partial charge in [-0.1, -0.05) is 49.6 Å². The SMILES string of the molecule is C[C@]1(c2ccccc2)CN(C(=O)c2cc(C3CCCCC3)[nH]n2)CCO1. The summed E-state index contributed by atoms with van der Waals surface area (Å²) >= 11 is 0. The van der Waals surface area contributed by atoms with Gasteiger partial charge in [0.15, 0.2) is 0 Å². The molecular weight excluding hydrogens is 326 g/mol. The highest BCUT2D eigenvalue weighted by Crippen LogP contribution is 2.33. The Hall–Kier alpha value is -2.14. The van der Waals surface area contributed by atoms with Crippen LogP contribution in [0.15, 0.2) is 36.4 Å². The average Bonchev–Trinajstić information content (AvgIpc) is 3.19. The summed E-state index contributed by atoms with van der Waals surface area (Å²) in [4.78, 5) is 14.9. The Morgan fingerprint density at radius 1 is 1.23 bits per heavy atom. The molecule has 1 aromatic heterocycles. The number of carbonyl (C=O) groups excluding carboxylic acids is 1. The Labute approximate surface area is 154 Å². The van der Waals surface area contributed by atoms with Gasteiger partial charge in [-0.3, -0.25) is 9.89 Å². The maximum Gasteiger partial charge on any atom is 0.274 e. The van der Waals surface area contributed by atoms with E-state index in [9.17, 15) is 4.79 Å². The maximum absolute atomic E-state index is 13.0. The van der Waals surface area contributed by atoms with Gasteiger partial charge in [-0.05, 0) is 31.4 Å². The lowest BCUT2D eigenvalue weighted by molar-refractivity contribution is -0.0931. The van der Waals surface area contributed by atoms with Crippen LogP contribution < -0.4 is 0 Å². The first-order valence-electron chi connectivity index (χ1n) is 9.70. The molecule has 1 saturated heterocycles. The molecule has 1 saturated carbocycles. The molecule has 26 heavy (non-hydrogen) atoms. The first-order valence-corrected chi connectivity index (χ1v) is 9.70. The lowest BCUT2D eigenvalue weighted by Crippen LogP contribution is -2.50. The van der Waals surface area contributed by atoms with Crippen molar-refractivity contribution >= 4 is 5.91 Å². The van der Waals surface area contributed by atoms with E-state index < -0.39 is 5.60 Å². The summed E-state index contributed by atoms with van der Waals surface area (Å²) in [5.41, 5.74) is 2.27. The normalized spacial score (nSPS) is 24.6. The molecule has 1 aromatic carbocycles. The predicted octanol–water partition coefficient (Wildman–Crippen LogP) is 3.85. The number of nitrogens with one attached hydrogen (secondary N) is 1. The van der Waals surface area contributed by atoms with Crippen LogP contribution in [0.1, 0.15) is 66.7 Å². The van der Waals surface area contributed by atoms with Gasteiger partial charge in [0.25, 0.3) is 5.91 Å². The Bertz CT molecular complexity index is 752. The third kappa shape index (κ3) is 3.40. The van der Waals surface area contributed by atoms with Crippen LogP contribution in [-0.4, -0.2) is 40.7 Å². The van der Waals surface area contributed by atoms with Gasteiger partial charge in [-0.15, -0.1) is 0 Å². The minimum atomic E-state index is -0.475. The maximum atomic E-state index is 13.0. The molecule has 2 heterocycles. The number of aromatic nitrogens is 2. The number of hydrogen-bond donors (Lipinski definition) is 1. The van der Waals surface area contributed by atoms with Crippen LogP contribution >= 0.6 is 0 Å². The van der Waals surface area contributed by atoms with Crippen molar-refractivity contribution in [1.29, 1.82) is 0 Å². The Balaban J connectivity index is 1.48. The van der Waals surface area contributed by atoms with Gasteiger partial charge < -0.3 is 9.64 Å². The fourth-order valence-corrected chi connectivity index (χ4v) is 4.24. The van der Waals surface area contributed by atoms with Gasteiger partial charge in [0, 0.05) is 18.2 Å². The molecule has 0 bridgehead atoms. The van der Waals surface area contributed by atoms with Gasteiger partial charge >= 0.3 is 0 Å². The highest BCUT2D eigenvalue weighted by atomic mass is 16.5. The molecule has 1 N–H and O–H groups in total. The fourth-order valence-electron chi connectivity index (χ4n) is 4.24. The quantitative estimate of drug-likeness (QED) is 0.912. The highest BCUT2D eigenvalue weighted by molar-refractivity contribution is 5.92. The van der Waals surface area contributed by atoms with Crippen LogP contribution in [0.5, 0.6) is 0 Å². The van der Waals surface area contributed by atoms with Gasteiger partial charge in [0.2, 0.25) is 0 Å². The lowest BCUT2D eigenvalue weighted by atomic mass is 9.87. The van der Waals surface area contributed by atoms with E-state index in [2.05, 4.69) is 29.3 Å². The highest BCUT2D eigenvalue weighted by Gasteiger charge is 2.36. The van der Waals surface area contributed by atoms with Crippen molar-refractivity contribution < 1.29 is 9.53 Å². The summed E-state index contributed by atoms with van der Waals surface area (Å²) in [6, 6.07) is 12.1. The smallest absolute Gasteiger partial charge is 0.274 e. The Morgan fingerprint density at radius 3 is 2.77 bits per heavy atom. The topological polar surface area (TPSA) is 58.2 Å². The molecule has 1 amide bonds. The number of nitrogens with zero attached hydrogens (tertiary/aromatic N) is 2. The third-order valence-electron chi connectivity index (χ3n) is 5.81. The van der Waals surface area contributed by atoms with E-state index in [1.807, 2.05) is 29.2 Å². The molecule has 138 valence electrons. The van der Waals surface area contributed by atoms with E-state index >= 15 is 0 Å². The summed E-state index contributed by atoms with van der Waals surface area (Å²) in [5, 5.41) is 7.45. The van der Waals surface area contributed by atoms with Crippen molar-refractivity contribution in [3.05, 3.63) is 53.3 Å². The number of morpholine rings is 1. The number of rotatable bonds is 3. The molecule has 4 rings (SSSR count). The molecule has 5 nitrogen and oxygen atoms in total. The summed E-state index contributed by atoms with van der Waals surface area (Å²) in [6.45, 7) is 3.74. The monoisotopic (exact) mass is 353 g/mol. The van der Waals surface area contributed by atoms with Crippen LogP contribution in [-0.2, 0) is 10.3 Å². The van der Waals surface area contributed by atoms with E-state index in [1.165, 1.54) is 32.1 Å². The van der Waals surface area contributed by atoms with E-state index in [4.69, 9.17) is 4.74 Å². The zero-order valence-electron chi connectivity index (χ0n) is 15.4. The number of H-pyrrole nitrogens is 1. The Kier molecular flexibility index (Phi) is 4.81. The molecule has 0 radical (unpaired) electrons. The molecule has 1 atom stereocenters. The van der Waals surface area contributed by atoms with Crippen molar-refractivity contribution in [3.8, 4) is 0 Å². The number of amides is 1. The second-order valence-electron chi connectivity index (χ2n) is 7.72. The van der Waals surface area contributed by atoms with Crippen molar-refractivity contribution in [2.75, 3.05) is 19.7 Å². The predicted molar refractivity (Wildman–Crippen MR) is 100 cm³/mol. The molecule has 0 unspecified atom stereocenters. The number of ether oxygens (including phenoxy) is 1. The number of benzene rings is 1. The number of hydrogen-bond acceptors (Lipinski definition) is 3. The van der Waals surface area contributed by atoms with Gasteiger partial charge in [-0.2, -0.15) is 5.10 Å². The van der Waals surface area contributed by atoms with E-state index in [0.717, 1.165) is 11.3 Å². The molecule has 0 spiro atoms. The standard InChI is InChI=1S/C21H27N3O2/c1-21(17-10-6-3-7-11-17)15-24(12-13-26-21)20(25)19-14-18(22-23-19)16-8-4-2-5-9-16/h3,6-7,10-11,14,16H,2,4-5,8-9,12-13,15H2,1H3,(H,22,23)/t21-/m1/s1. The number of carbonyl (C=O) groups is 1. The molecule has 1 aliphatic carbocycles. The fraction of sp³-hybridized carbons (Fsp3) is 0.524. The van der Waals surface area contributed by atoms with Crippen molar-refractivity contribution in [1.82, 2.24) is 15.1 Å². The largest absolute Gasteiger partial charge is 0.367 e. The van der Waals surface area contributed by atoms with Crippen LogP contribution in [0.2, 0.25) is 0 Å². The van der Waals surface area contributed by atoms with Crippen molar-refractivity contribution in [3.63, 3.8) is 0 Å². The molecule has 2 aromatic rings. The molecule has 2 fully saturated rings. The van der Waals surface area contributed by atoms with Crippen LogP contribution in [0.4, 0.5) is 0 Å². The summed E-state index contributed by atoms with van der Waals surface area (Å²) < 4.78 is 6.05. The summed E-state index contributed by atoms with van der Waals surface area (Å²) in [5.74, 6) is 0.519. The van der Waals surface area contributed by atoms with Gasteiger partial charge in [-0.25, -0.2) is 0 Å². The first kappa shape index (κ1) is 17.3. The van der Waals surface area contributed by atoms with Gasteiger partial charge in [0.05, 0.1) is 13.2 Å². The first-order chi connectivity index (χ1) is 12.7. The summed E-state index contributed by atoms with van der Waals surface area (Å²) in [7, 11) is 0. The van der Waals surface area contributed by atoms with Crippen LogP contribution in [0.25, 0.3) is 0 Å². The minimum Gasteiger partial charge on any atom is -0.367 e. The molecule has 5 heteroatoms. The van der Waals surface area contributed by atoms with Gasteiger partial charge in [0.1, 0.15) is 11.3 Å². The average molecular weight is 353 g/mol. The Morgan fingerprint density at radius 2 is 2.00 bits per heavy atom. The second-order valence-corrected chi connectivity index (χ2v) is 7.72. The minimum absolute atomic E-state index is 0.00577. The molecule has 2 aliphatic rings. The van der Waals surface area contributed by atoms with E-state index in [1.54, 1.807) is 0 Å². The third-order valence-corrected chi connectivity index (χ3v) is 5.81. The zero-order chi connectivity index (χ0) is 18.0. The molecular formula is C21H27N3O2. The van der Waals surface area contributed by atoms with Crippen LogP contribution in [0.3, 0.4) is 0 Å². The lowest BCUT2D eigenvalue weighted by Gasteiger charge is -2.40.